The summed E-state index contributed by atoms with van der Waals surface area (Å²) in [5.74, 6) is -0.985. The maximum atomic E-state index is 12.5. The molecule has 1 saturated heterocycles. The molecule has 0 bridgehead atoms. The number of aliphatic hydroxyl groups excluding tert-OH is 1. The van der Waals surface area contributed by atoms with E-state index in [4.69, 9.17) is 29.7 Å². The van der Waals surface area contributed by atoms with E-state index < -0.39 is 53.5 Å². The average Bonchev–Trinajstić information content (AvgIpc) is 3.40. The molecule has 4 atom stereocenters. The number of carbonyl (C=O) groups excluding carboxylic acids is 2. The van der Waals surface area contributed by atoms with E-state index in [0.717, 1.165) is 0 Å². The molecule has 0 aromatic carbocycles. The Morgan fingerprint density at radius 2 is 1.97 bits per heavy atom. The van der Waals surface area contributed by atoms with Gasteiger partial charge >= 0.3 is 11.9 Å². The molecular weight excluding hydrogens is 486 g/mol. The number of nitrogens with zero attached hydrogens (tertiary/aromatic N) is 4. The maximum Gasteiger partial charge on any atom is 0.347 e. The number of fused-ring (bicyclic) bond motifs is 1. The van der Waals surface area contributed by atoms with Gasteiger partial charge in [-0.1, -0.05) is 6.92 Å². The highest BCUT2D eigenvalue weighted by atomic mass is 17.2. The van der Waals surface area contributed by atoms with Crippen LogP contribution in [0.5, 0.6) is 0 Å². The number of anilines is 1. The van der Waals surface area contributed by atoms with Crippen molar-refractivity contribution in [3.05, 3.63) is 24.2 Å². The SMILES string of the molecule is CCC(C)(C)C(=O)OO[C@H]1[C@@H](O)[C@](C#N)(c2ccc3c(N)ncnn23)O[C@@H]1COCOC(=O)C(C)(C)C. The third-order valence-electron chi connectivity index (χ3n) is 6.30. The van der Waals surface area contributed by atoms with Crippen molar-refractivity contribution >= 4 is 23.3 Å². The van der Waals surface area contributed by atoms with Crippen molar-refractivity contribution in [1.29, 1.82) is 5.26 Å². The summed E-state index contributed by atoms with van der Waals surface area (Å²) in [4.78, 5) is 38.9. The summed E-state index contributed by atoms with van der Waals surface area (Å²) in [6.45, 7) is 9.60. The van der Waals surface area contributed by atoms with Gasteiger partial charge in [-0.15, -0.1) is 0 Å². The number of aromatic nitrogens is 3. The van der Waals surface area contributed by atoms with Crippen molar-refractivity contribution in [2.45, 2.75) is 71.9 Å². The van der Waals surface area contributed by atoms with E-state index in [1.807, 2.05) is 13.0 Å². The van der Waals surface area contributed by atoms with Crippen LogP contribution in [-0.4, -0.2) is 63.4 Å². The van der Waals surface area contributed by atoms with Gasteiger partial charge in [0.2, 0.25) is 5.60 Å². The molecule has 0 saturated carbocycles. The van der Waals surface area contributed by atoms with Crippen LogP contribution in [-0.2, 0) is 39.2 Å². The van der Waals surface area contributed by atoms with Crippen molar-refractivity contribution in [2.24, 2.45) is 10.8 Å². The summed E-state index contributed by atoms with van der Waals surface area (Å²) in [7, 11) is 0. The smallest absolute Gasteiger partial charge is 0.347 e. The van der Waals surface area contributed by atoms with Gasteiger partial charge in [-0.05, 0) is 53.2 Å². The summed E-state index contributed by atoms with van der Waals surface area (Å²) in [5.41, 5.74) is 2.88. The van der Waals surface area contributed by atoms with E-state index in [9.17, 15) is 20.0 Å². The van der Waals surface area contributed by atoms with Gasteiger partial charge in [0.15, 0.2) is 18.7 Å². The first-order valence-corrected chi connectivity index (χ1v) is 11.8. The van der Waals surface area contributed by atoms with Crippen LogP contribution in [0.15, 0.2) is 18.5 Å². The monoisotopic (exact) mass is 519 g/mol. The molecule has 0 spiro atoms. The van der Waals surface area contributed by atoms with Gasteiger partial charge in [0.05, 0.1) is 23.1 Å². The van der Waals surface area contributed by atoms with E-state index in [-0.39, 0.29) is 18.1 Å². The highest BCUT2D eigenvalue weighted by Gasteiger charge is 2.60. The lowest BCUT2D eigenvalue weighted by molar-refractivity contribution is -0.320. The van der Waals surface area contributed by atoms with Crippen molar-refractivity contribution in [3.8, 4) is 6.07 Å². The second kappa shape index (κ2) is 10.6. The lowest BCUT2D eigenvalue weighted by Gasteiger charge is -2.25. The number of nitriles is 1. The second-order valence-corrected chi connectivity index (χ2v) is 10.4. The fourth-order valence-electron chi connectivity index (χ4n) is 3.48. The van der Waals surface area contributed by atoms with Crippen molar-refractivity contribution in [3.63, 3.8) is 0 Å². The number of esters is 1. The first-order chi connectivity index (χ1) is 17.3. The fraction of sp³-hybridized carbons (Fsp3) is 0.625. The van der Waals surface area contributed by atoms with Crippen LogP contribution >= 0.6 is 0 Å². The van der Waals surface area contributed by atoms with Gasteiger partial charge in [0.25, 0.3) is 0 Å². The van der Waals surface area contributed by atoms with E-state index >= 15 is 0 Å². The Hall–Kier alpha value is -3.31. The highest BCUT2D eigenvalue weighted by Crippen LogP contribution is 2.42. The van der Waals surface area contributed by atoms with E-state index in [1.165, 1.54) is 16.9 Å². The van der Waals surface area contributed by atoms with Crippen LogP contribution in [0.25, 0.3) is 5.52 Å². The molecule has 3 heterocycles. The molecule has 2 aromatic heterocycles. The zero-order valence-electron chi connectivity index (χ0n) is 21.8. The van der Waals surface area contributed by atoms with Crippen LogP contribution in [0.4, 0.5) is 5.82 Å². The van der Waals surface area contributed by atoms with E-state index in [0.29, 0.717) is 11.9 Å². The zero-order valence-corrected chi connectivity index (χ0v) is 21.8. The van der Waals surface area contributed by atoms with E-state index in [2.05, 4.69) is 10.1 Å². The Morgan fingerprint density at radius 1 is 1.27 bits per heavy atom. The van der Waals surface area contributed by atoms with E-state index in [1.54, 1.807) is 40.7 Å². The van der Waals surface area contributed by atoms with Gasteiger partial charge in [-0.2, -0.15) is 15.2 Å². The molecule has 0 radical (unpaired) electrons. The van der Waals surface area contributed by atoms with Gasteiger partial charge in [0, 0.05) is 0 Å². The average molecular weight is 520 g/mol. The molecule has 2 aromatic rings. The Balaban J connectivity index is 1.87. The Morgan fingerprint density at radius 3 is 2.59 bits per heavy atom. The molecule has 1 fully saturated rings. The number of nitrogens with two attached hydrogens (primary N) is 1. The third-order valence-corrected chi connectivity index (χ3v) is 6.30. The molecule has 13 nitrogen and oxygen atoms in total. The quantitative estimate of drug-likeness (QED) is 0.161. The third kappa shape index (κ3) is 5.52. The minimum Gasteiger partial charge on any atom is -0.438 e. The maximum absolute atomic E-state index is 12.5. The minimum atomic E-state index is -2.00. The molecule has 37 heavy (non-hydrogen) atoms. The predicted octanol–water partition coefficient (Wildman–Crippen LogP) is 1.63. The second-order valence-electron chi connectivity index (χ2n) is 10.4. The minimum absolute atomic E-state index is 0.155. The molecule has 13 heteroatoms. The number of rotatable bonds is 9. The molecule has 3 N–H and O–H groups in total. The first-order valence-electron chi connectivity index (χ1n) is 11.8. The number of carbonyl (C=O) groups is 2. The fourth-order valence-corrected chi connectivity index (χ4v) is 3.48. The zero-order chi connectivity index (χ0) is 27.6. The number of aliphatic hydroxyl groups is 1. The Bertz CT molecular complexity index is 1180. The number of hydrogen-bond donors (Lipinski definition) is 2. The van der Waals surface area contributed by atoms with Crippen LogP contribution in [0.2, 0.25) is 0 Å². The molecule has 0 amide bonds. The number of ether oxygens (including phenoxy) is 3. The van der Waals surface area contributed by atoms with Crippen LogP contribution < -0.4 is 5.73 Å². The van der Waals surface area contributed by atoms with Crippen LogP contribution in [0, 0.1) is 22.2 Å². The molecule has 202 valence electrons. The van der Waals surface area contributed by atoms with Crippen molar-refractivity contribution in [1.82, 2.24) is 14.6 Å². The summed E-state index contributed by atoms with van der Waals surface area (Å²) in [6, 6.07) is 5.10. The summed E-state index contributed by atoms with van der Waals surface area (Å²) in [6.07, 6.45) is -2.41. The molecule has 0 aliphatic carbocycles. The summed E-state index contributed by atoms with van der Waals surface area (Å²) in [5, 5.41) is 25.6. The van der Waals surface area contributed by atoms with Crippen molar-refractivity contribution in [2.75, 3.05) is 19.1 Å². The Labute approximate surface area is 214 Å². The molecule has 3 rings (SSSR count). The molecule has 1 aliphatic rings. The lowest BCUT2D eigenvalue weighted by Crippen LogP contribution is -2.43. The number of hydrogen-bond acceptors (Lipinski definition) is 12. The normalized spacial score (nSPS) is 24.1. The van der Waals surface area contributed by atoms with Gasteiger partial charge in [-0.25, -0.2) is 14.3 Å². The first kappa shape index (κ1) is 28.3. The van der Waals surface area contributed by atoms with Gasteiger partial charge in [-0.3, -0.25) is 9.68 Å². The van der Waals surface area contributed by atoms with Crippen molar-refractivity contribution < 1.29 is 38.7 Å². The largest absolute Gasteiger partial charge is 0.438 e. The molecular formula is C24H33N5O8. The molecule has 0 unspecified atom stereocenters. The lowest BCUT2D eigenvalue weighted by atomic mass is 9.91. The number of nitrogen functional groups attached to an aromatic ring is 1. The summed E-state index contributed by atoms with van der Waals surface area (Å²) < 4.78 is 17.9. The van der Waals surface area contributed by atoms with Crippen LogP contribution in [0.1, 0.15) is 53.7 Å². The standard InChI is InChI=1S/C24H33N5O8/c1-7-23(5,6)21(32)37-36-17-15(10-33-13-34-20(31)22(2,3)4)35-24(11-25,18(17)30)16-9-8-14-19(26)27-12-28-29(14)16/h8-9,12,15,17-18,30H,7,10,13H2,1-6H3,(H2,26,27,28)/t15-,17-,18-,24+/m1/s1. The van der Waals surface area contributed by atoms with Crippen LogP contribution in [0.3, 0.4) is 0 Å². The molecule has 1 aliphatic heterocycles. The highest BCUT2D eigenvalue weighted by molar-refractivity contribution is 5.75. The predicted molar refractivity (Wildman–Crippen MR) is 127 cm³/mol. The summed E-state index contributed by atoms with van der Waals surface area (Å²) >= 11 is 0. The van der Waals surface area contributed by atoms with Gasteiger partial charge < -0.3 is 25.1 Å². The Kier molecular flexibility index (Phi) is 8.09. The topological polar surface area (TPSA) is 181 Å². The van der Waals surface area contributed by atoms with Gasteiger partial charge in [0.1, 0.15) is 30.1 Å².